The summed E-state index contributed by atoms with van der Waals surface area (Å²) in [5.74, 6) is 0.433. The van der Waals surface area contributed by atoms with Gasteiger partial charge in [-0.25, -0.2) is 0 Å². The number of anilines is 1. The van der Waals surface area contributed by atoms with Crippen molar-refractivity contribution >= 4 is 17.4 Å². The first-order valence-corrected chi connectivity index (χ1v) is 6.56. The van der Waals surface area contributed by atoms with E-state index >= 15 is 0 Å². The molecule has 0 fully saturated rings. The lowest BCUT2D eigenvalue weighted by atomic mass is 10.0. The molecule has 0 aliphatic rings. The Morgan fingerprint density at radius 1 is 1.20 bits per heavy atom. The van der Waals surface area contributed by atoms with E-state index in [0.29, 0.717) is 10.8 Å². The van der Waals surface area contributed by atoms with Gasteiger partial charge in [0.1, 0.15) is 0 Å². The molecule has 4 nitrogen and oxygen atoms in total. The van der Waals surface area contributed by atoms with Crippen LogP contribution in [0, 0.1) is 6.92 Å². The fourth-order valence-electron chi connectivity index (χ4n) is 2.20. The average Bonchev–Trinajstić information content (AvgIpc) is 2.81. The summed E-state index contributed by atoms with van der Waals surface area (Å²) in [5.41, 5.74) is 10.4. The van der Waals surface area contributed by atoms with E-state index in [1.807, 2.05) is 43.3 Å². The summed E-state index contributed by atoms with van der Waals surface area (Å²) in [6.07, 6.45) is 1.76. The van der Waals surface area contributed by atoms with Crippen molar-refractivity contribution in [3.05, 3.63) is 53.3 Å². The number of hydrogen-bond donors (Lipinski definition) is 2. The van der Waals surface area contributed by atoms with Gasteiger partial charge in [-0.05, 0) is 25.1 Å². The molecule has 100 valence electrons. The largest absolute Gasteiger partial charge is 0.382 e. The highest BCUT2D eigenvalue weighted by atomic mass is 35.5. The normalized spacial score (nSPS) is 10.7. The van der Waals surface area contributed by atoms with Crippen molar-refractivity contribution in [2.45, 2.75) is 6.92 Å². The van der Waals surface area contributed by atoms with Crippen LogP contribution in [0.2, 0.25) is 5.02 Å². The molecule has 0 radical (unpaired) electrons. The molecule has 3 rings (SSSR count). The number of nitrogens with zero attached hydrogens (tertiary/aromatic N) is 2. The Hall–Kier alpha value is -2.33. The third kappa shape index (κ3) is 2.14. The fraction of sp³-hybridized carbons (Fsp3) is 0.0667. The number of H-pyrrole nitrogens is 1. The molecule has 20 heavy (non-hydrogen) atoms. The smallest absolute Gasteiger partial charge is 0.153 e. The van der Waals surface area contributed by atoms with Crippen LogP contribution >= 0.6 is 11.6 Å². The molecule has 0 saturated carbocycles. The van der Waals surface area contributed by atoms with Crippen molar-refractivity contribution in [2.75, 3.05) is 5.73 Å². The quantitative estimate of drug-likeness (QED) is 0.754. The maximum Gasteiger partial charge on any atom is 0.153 e. The van der Waals surface area contributed by atoms with Crippen molar-refractivity contribution < 1.29 is 0 Å². The van der Waals surface area contributed by atoms with Crippen LogP contribution in [0.1, 0.15) is 5.69 Å². The van der Waals surface area contributed by atoms with Crippen LogP contribution in [-0.2, 0) is 0 Å². The number of nitrogen functional groups attached to an aromatic ring is 1. The Morgan fingerprint density at radius 3 is 2.75 bits per heavy atom. The van der Waals surface area contributed by atoms with E-state index in [1.165, 1.54) is 0 Å². The van der Waals surface area contributed by atoms with Gasteiger partial charge in [-0.3, -0.25) is 10.1 Å². The SMILES string of the molecule is Cc1cc(-c2[nH]nc(N)c2-c2ccccc2Cl)ccn1. The van der Waals surface area contributed by atoms with Crippen molar-refractivity contribution in [3.8, 4) is 22.4 Å². The Balaban J connectivity index is 2.23. The molecule has 2 heterocycles. The third-order valence-corrected chi connectivity index (χ3v) is 3.45. The van der Waals surface area contributed by atoms with Gasteiger partial charge in [-0.1, -0.05) is 29.8 Å². The molecule has 0 aliphatic heterocycles. The van der Waals surface area contributed by atoms with E-state index < -0.39 is 0 Å². The van der Waals surface area contributed by atoms with Crippen molar-refractivity contribution in [1.29, 1.82) is 0 Å². The maximum atomic E-state index is 6.27. The average molecular weight is 285 g/mol. The zero-order valence-electron chi connectivity index (χ0n) is 10.9. The van der Waals surface area contributed by atoms with Crippen LogP contribution in [0.15, 0.2) is 42.6 Å². The van der Waals surface area contributed by atoms with E-state index in [1.54, 1.807) is 6.20 Å². The van der Waals surface area contributed by atoms with Crippen LogP contribution in [0.3, 0.4) is 0 Å². The molecule has 0 spiro atoms. The molecule has 0 amide bonds. The topological polar surface area (TPSA) is 67.6 Å². The third-order valence-electron chi connectivity index (χ3n) is 3.12. The lowest BCUT2D eigenvalue weighted by Crippen LogP contribution is -1.90. The lowest BCUT2D eigenvalue weighted by molar-refractivity contribution is 1.10. The van der Waals surface area contributed by atoms with Crippen LogP contribution < -0.4 is 5.73 Å². The van der Waals surface area contributed by atoms with Gasteiger partial charge in [-0.15, -0.1) is 0 Å². The van der Waals surface area contributed by atoms with Gasteiger partial charge in [-0.2, -0.15) is 5.10 Å². The molecule has 0 bridgehead atoms. The number of nitrogens with one attached hydrogen (secondary N) is 1. The second-order valence-corrected chi connectivity index (χ2v) is 4.93. The molecule has 2 aromatic heterocycles. The minimum absolute atomic E-state index is 0.433. The first-order valence-electron chi connectivity index (χ1n) is 6.18. The summed E-state index contributed by atoms with van der Waals surface area (Å²) >= 11 is 6.27. The van der Waals surface area contributed by atoms with Gasteiger partial charge in [0.15, 0.2) is 5.82 Å². The number of hydrogen-bond acceptors (Lipinski definition) is 3. The molecule has 0 atom stereocenters. The van der Waals surface area contributed by atoms with Crippen molar-refractivity contribution in [3.63, 3.8) is 0 Å². The van der Waals surface area contributed by atoms with E-state index in [9.17, 15) is 0 Å². The lowest BCUT2D eigenvalue weighted by Gasteiger charge is -2.07. The fourth-order valence-corrected chi connectivity index (χ4v) is 2.43. The summed E-state index contributed by atoms with van der Waals surface area (Å²) in [6.45, 7) is 1.94. The van der Waals surface area contributed by atoms with Gasteiger partial charge >= 0.3 is 0 Å². The zero-order valence-corrected chi connectivity index (χ0v) is 11.6. The zero-order chi connectivity index (χ0) is 14.1. The Morgan fingerprint density at radius 2 is 2.00 bits per heavy atom. The molecular formula is C15H13ClN4. The predicted molar refractivity (Wildman–Crippen MR) is 81.4 cm³/mol. The molecule has 0 aliphatic carbocycles. The molecule has 3 aromatic rings. The standard InChI is InChI=1S/C15H13ClN4/c1-9-8-10(6-7-18-9)14-13(15(17)20-19-14)11-4-2-3-5-12(11)16/h2-8H,1H3,(H3,17,19,20). The number of nitrogens with two attached hydrogens (primary N) is 1. The van der Waals surface area contributed by atoms with E-state index in [4.69, 9.17) is 17.3 Å². The minimum Gasteiger partial charge on any atom is -0.382 e. The second kappa shape index (κ2) is 4.98. The Bertz CT molecular complexity index is 764. The van der Waals surface area contributed by atoms with Crippen molar-refractivity contribution in [1.82, 2.24) is 15.2 Å². The van der Waals surface area contributed by atoms with E-state index in [2.05, 4.69) is 15.2 Å². The minimum atomic E-state index is 0.433. The van der Waals surface area contributed by atoms with Gasteiger partial charge in [0.2, 0.25) is 0 Å². The monoisotopic (exact) mass is 284 g/mol. The van der Waals surface area contributed by atoms with Crippen LogP contribution in [0.4, 0.5) is 5.82 Å². The summed E-state index contributed by atoms with van der Waals surface area (Å²) in [5, 5.41) is 7.74. The summed E-state index contributed by atoms with van der Waals surface area (Å²) < 4.78 is 0. The van der Waals surface area contributed by atoms with Gasteiger partial charge in [0.05, 0.1) is 11.3 Å². The molecule has 3 N–H and O–H groups in total. The first-order chi connectivity index (χ1) is 9.66. The van der Waals surface area contributed by atoms with Gasteiger partial charge in [0, 0.05) is 28.0 Å². The molecule has 0 unspecified atom stereocenters. The number of aromatic nitrogens is 3. The summed E-state index contributed by atoms with van der Waals surface area (Å²) in [4.78, 5) is 4.20. The maximum absolute atomic E-state index is 6.27. The molecule has 5 heteroatoms. The van der Waals surface area contributed by atoms with Gasteiger partial charge < -0.3 is 5.73 Å². The molecule has 1 aromatic carbocycles. The predicted octanol–water partition coefficient (Wildman–Crippen LogP) is 3.68. The van der Waals surface area contributed by atoms with E-state index in [0.717, 1.165) is 28.1 Å². The Labute approximate surface area is 121 Å². The highest BCUT2D eigenvalue weighted by molar-refractivity contribution is 6.33. The Kier molecular flexibility index (Phi) is 3.16. The number of pyridine rings is 1. The van der Waals surface area contributed by atoms with Crippen LogP contribution in [0.25, 0.3) is 22.4 Å². The van der Waals surface area contributed by atoms with Gasteiger partial charge in [0.25, 0.3) is 0 Å². The number of rotatable bonds is 2. The van der Waals surface area contributed by atoms with E-state index in [-0.39, 0.29) is 0 Å². The second-order valence-electron chi connectivity index (χ2n) is 4.52. The molecule has 0 saturated heterocycles. The summed E-state index contributed by atoms with van der Waals surface area (Å²) in [6, 6.07) is 11.5. The molecular weight excluding hydrogens is 272 g/mol. The van der Waals surface area contributed by atoms with Crippen molar-refractivity contribution in [2.24, 2.45) is 0 Å². The number of halogens is 1. The number of aryl methyl sites for hydroxylation is 1. The highest BCUT2D eigenvalue weighted by Crippen LogP contribution is 2.38. The number of aromatic amines is 1. The highest BCUT2D eigenvalue weighted by Gasteiger charge is 2.16. The van der Waals surface area contributed by atoms with Crippen LogP contribution in [0.5, 0.6) is 0 Å². The number of benzene rings is 1. The van der Waals surface area contributed by atoms with Crippen LogP contribution in [-0.4, -0.2) is 15.2 Å². The summed E-state index contributed by atoms with van der Waals surface area (Å²) in [7, 11) is 0. The first kappa shape index (κ1) is 12.7.